The molecule has 0 saturated carbocycles. The van der Waals surface area contributed by atoms with E-state index in [4.69, 9.17) is 9.98 Å². The molecule has 0 aliphatic carbocycles. The van der Waals surface area contributed by atoms with Gasteiger partial charge in [-0.1, -0.05) is 0 Å². The van der Waals surface area contributed by atoms with E-state index >= 15 is 0 Å². The van der Waals surface area contributed by atoms with Crippen molar-refractivity contribution >= 4 is 47.6 Å². The molecule has 1 heterocycles. The SMILES string of the molecule is CN(C)c1ccc(N=C2[Se]/C(=N/N=C\c3ccccc3)N=C2c2ccccc2)cc1. The molecule has 0 unspecified atom stereocenters. The van der Waals surface area contributed by atoms with Crippen LogP contribution in [0.1, 0.15) is 11.1 Å². The molecule has 0 spiro atoms. The van der Waals surface area contributed by atoms with Crippen LogP contribution in [0, 0.1) is 0 Å². The minimum absolute atomic E-state index is 0.112. The molecule has 0 N–H and O–H groups in total. The Bertz CT molecular complexity index is 1120. The molecule has 5 nitrogen and oxygen atoms in total. The Hall–Kier alpha value is -3.34. The summed E-state index contributed by atoms with van der Waals surface area (Å²) in [5, 5.41) is 8.60. The molecule has 30 heavy (non-hydrogen) atoms. The standard InChI is InChI=1S/C24H21N5Se/c1-29(2)21-15-13-20(14-16-21)26-23-22(19-11-7-4-8-12-19)27-24(30-23)28-25-17-18-9-5-3-6-10-18/h3-17H,1-2H3/b25-17-,26-23?,28-24+. The second kappa shape index (κ2) is 9.44. The quantitative estimate of drug-likeness (QED) is 0.318. The number of benzene rings is 3. The topological polar surface area (TPSA) is 52.7 Å². The summed E-state index contributed by atoms with van der Waals surface area (Å²) in [6.45, 7) is 0. The van der Waals surface area contributed by atoms with Crippen LogP contribution in [0.2, 0.25) is 0 Å². The van der Waals surface area contributed by atoms with Crippen molar-refractivity contribution < 1.29 is 0 Å². The second-order valence-electron chi connectivity index (χ2n) is 6.79. The zero-order valence-corrected chi connectivity index (χ0v) is 18.5. The zero-order chi connectivity index (χ0) is 20.8. The Morgan fingerprint density at radius 2 is 1.50 bits per heavy atom. The molecule has 0 saturated heterocycles. The van der Waals surface area contributed by atoms with Crippen LogP contribution >= 0.6 is 0 Å². The van der Waals surface area contributed by atoms with Crippen LogP contribution in [0.4, 0.5) is 11.4 Å². The molecule has 4 rings (SSSR count). The Morgan fingerprint density at radius 3 is 2.17 bits per heavy atom. The first-order chi connectivity index (χ1) is 14.7. The van der Waals surface area contributed by atoms with Crippen molar-refractivity contribution in [3.8, 4) is 0 Å². The van der Waals surface area contributed by atoms with Crippen LogP contribution in [0.15, 0.2) is 105 Å². The fraction of sp³-hybridized carbons (Fsp3) is 0.0833. The van der Waals surface area contributed by atoms with Crippen LogP contribution in [0.25, 0.3) is 0 Å². The van der Waals surface area contributed by atoms with Gasteiger partial charge in [-0.3, -0.25) is 0 Å². The van der Waals surface area contributed by atoms with Crippen molar-refractivity contribution in [1.29, 1.82) is 0 Å². The van der Waals surface area contributed by atoms with Gasteiger partial charge in [0.15, 0.2) is 0 Å². The Balaban J connectivity index is 1.63. The van der Waals surface area contributed by atoms with Gasteiger partial charge in [0, 0.05) is 0 Å². The molecule has 0 bridgehead atoms. The summed E-state index contributed by atoms with van der Waals surface area (Å²) >= 11 is -0.112. The number of aliphatic imine (C=N–C) groups is 2. The van der Waals surface area contributed by atoms with E-state index < -0.39 is 0 Å². The van der Waals surface area contributed by atoms with Crippen LogP contribution in [-0.2, 0) is 0 Å². The Morgan fingerprint density at radius 1 is 0.833 bits per heavy atom. The summed E-state index contributed by atoms with van der Waals surface area (Å²) in [5.41, 5.74) is 4.98. The summed E-state index contributed by atoms with van der Waals surface area (Å²) in [4.78, 5) is 11.7. The van der Waals surface area contributed by atoms with Crippen molar-refractivity contribution in [2.45, 2.75) is 0 Å². The summed E-state index contributed by atoms with van der Waals surface area (Å²) in [7, 11) is 4.06. The number of rotatable bonds is 5. The predicted molar refractivity (Wildman–Crippen MR) is 128 cm³/mol. The molecular weight excluding hydrogens is 437 g/mol. The molecule has 1 aliphatic rings. The molecular formula is C24H21N5Se. The number of hydrogen-bond donors (Lipinski definition) is 0. The molecule has 1 aliphatic heterocycles. The summed E-state index contributed by atoms with van der Waals surface area (Å²) in [5.74, 6) is 0. The summed E-state index contributed by atoms with van der Waals surface area (Å²) < 4.78 is 1.68. The summed E-state index contributed by atoms with van der Waals surface area (Å²) in [6.07, 6.45) is 1.75. The van der Waals surface area contributed by atoms with E-state index in [-0.39, 0.29) is 15.0 Å². The third-order valence-corrected chi connectivity index (χ3v) is 6.14. The van der Waals surface area contributed by atoms with Crippen molar-refractivity contribution in [2.24, 2.45) is 20.2 Å². The fourth-order valence-electron chi connectivity index (χ4n) is 2.83. The number of amidine groups is 1. The Kier molecular flexibility index (Phi) is 6.28. The average Bonchev–Trinajstić information content (AvgIpc) is 3.18. The van der Waals surface area contributed by atoms with Gasteiger partial charge >= 0.3 is 183 Å². The molecule has 6 heteroatoms. The molecule has 0 radical (unpaired) electrons. The van der Waals surface area contributed by atoms with Gasteiger partial charge in [0.25, 0.3) is 0 Å². The van der Waals surface area contributed by atoms with Crippen molar-refractivity contribution in [2.75, 3.05) is 19.0 Å². The average molecular weight is 458 g/mol. The normalized spacial score (nSPS) is 16.4. The van der Waals surface area contributed by atoms with Gasteiger partial charge in [-0.15, -0.1) is 0 Å². The van der Waals surface area contributed by atoms with Crippen molar-refractivity contribution in [1.82, 2.24) is 0 Å². The predicted octanol–water partition coefficient (Wildman–Crippen LogP) is 4.38. The number of anilines is 1. The van der Waals surface area contributed by atoms with E-state index in [1.54, 1.807) is 6.21 Å². The van der Waals surface area contributed by atoms with Gasteiger partial charge in [-0.05, 0) is 0 Å². The third-order valence-electron chi connectivity index (χ3n) is 4.39. The number of hydrogen-bond acceptors (Lipinski definition) is 4. The van der Waals surface area contributed by atoms with E-state index in [9.17, 15) is 0 Å². The molecule has 3 aromatic carbocycles. The van der Waals surface area contributed by atoms with Crippen molar-refractivity contribution in [3.05, 3.63) is 96.1 Å². The van der Waals surface area contributed by atoms with E-state index in [1.165, 1.54) is 0 Å². The zero-order valence-electron chi connectivity index (χ0n) is 16.8. The van der Waals surface area contributed by atoms with Crippen molar-refractivity contribution in [3.63, 3.8) is 0 Å². The van der Waals surface area contributed by atoms with Gasteiger partial charge in [-0.2, -0.15) is 0 Å². The first-order valence-corrected chi connectivity index (χ1v) is 11.2. The van der Waals surface area contributed by atoms with Gasteiger partial charge in [0.2, 0.25) is 0 Å². The first kappa shape index (κ1) is 20.0. The maximum atomic E-state index is 4.90. The van der Waals surface area contributed by atoms with E-state index in [1.807, 2.05) is 74.8 Å². The minimum atomic E-state index is -0.112. The van der Waals surface area contributed by atoms with Crippen LogP contribution < -0.4 is 4.90 Å². The van der Waals surface area contributed by atoms with Crippen LogP contribution in [0.3, 0.4) is 0 Å². The van der Waals surface area contributed by atoms with E-state index in [2.05, 4.69) is 39.4 Å². The second-order valence-corrected chi connectivity index (χ2v) is 8.80. The Labute approximate surface area is 182 Å². The third kappa shape index (κ3) is 4.98. The first-order valence-electron chi connectivity index (χ1n) is 9.53. The van der Waals surface area contributed by atoms with Gasteiger partial charge in [0.1, 0.15) is 0 Å². The molecule has 0 fully saturated rings. The molecule has 0 atom stereocenters. The van der Waals surface area contributed by atoms with Crippen LogP contribution in [-0.4, -0.2) is 50.3 Å². The van der Waals surface area contributed by atoms with E-state index in [0.29, 0.717) is 0 Å². The molecule has 0 aromatic heterocycles. The van der Waals surface area contributed by atoms with Gasteiger partial charge < -0.3 is 0 Å². The van der Waals surface area contributed by atoms with Crippen LogP contribution in [0.5, 0.6) is 0 Å². The van der Waals surface area contributed by atoms with Gasteiger partial charge in [0.05, 0.1) is 0 Å². The molecule has 0 amide bonds. The molecule has 148 valence electrons. The summed E-state index contributed by atoms with van der Waals surface area (Å²) in [6, 6.07) is 28.2. The monoisotopic (exact) mass is 459 g/mol. The van der Waals surface area contributed by atoms with Gasteiger partial charge in [-0.25, -0.2) is 0 Å². The maximum absolute atomic E-state index is 4.90. The number of nitrogens with zero attached hydrogens (tertiary/aromatic N) is 5. The fourth-order valence-corrected chi connectivity index (χ4v) is 4.53. The molecule has 3 aromatic rings. The van der Waals surface area contributed by atoms with E-state index in [0.717, 1.165) is 37.6 Å².